The summed E-state index contributed by atoms with van der Waals surface area (Å²) in [7, 11) is 0. The molecule has 94 valence electrons. The SMILES string of the molecule is CCc1nnsc1C(=O)N(CCCl)C1CCC1. The van der Waals surface area contributed by atoms with E-state index in [1.807, 2.05) is 11.8 Å². The lowest BCUT2D eigenvalue weighted by atomic mass is 9.91. The Labute approximate surface area is 110 Å². The molecule has 0 atom stereocenters. The number of carbonyl (C=O) groups excluding carboxylic acids is 1. The molecule has 0 spiro atoms. The summed E-state index contributed by atoms with van der Waals surface area (Å²) < 4.78 is 3.87. The van der Waals surface area contributed by atoms with Gasteiger partial charge in [-0.15, -0.1) is 16.7 Å². The van der Waals surface area contributed by atoms with Crippen LogP contribution in [0, 0.1) is 0 Å². The molecule has 6 heteroatoms. The Morgan fingerprint density at radius 3 is 2.88 bits per heavy atom. The predicted molar refractivity (Wildman–Crippen MR) is 68.7 cm³/mol. The van der Waals surface area contributed by atoms with Gasteiger partial charge in [0.2, 0.25) is 0 Å². The third-order valence-electron chi connectivity index (χ3n) is 3.19. The number of hydrogen-bond acceptors (Lipinski definition) is 4. The van der Waals surface area contributed by atoms with Crippen LogP contribution in [-0.4, -0.2) is 38.9 Å². The van der Waals surface area contributed by atoms with E-state index in [0.717, 1.165) is 25.0 Å². The van der Waals surface area contributed by atoms with Gasteiger partial charge in [0.05, 0.1) is 5.69 Å². The van der Waals surface area contributed by atoms with Crippen molar-refractivity contribution in [3.8, 4) is 0 Å². The van der Waals surface area contributed by atoms with Gasteiger partial charge in [0.25, 0.3) is 5.91 Å². The van der Waals surface area contributed by atoms with Crippen molar-refractivity contribution in [2.45, 2.75) is 38.6 Å². The number of aromatic nitrogens is 2. The van der Waals surface area contributed by atoms with E-state index in [9.17, 15) is 4.79 Å². The summed E-state index contributed by atoms with van der Waals surface area (Å²) in [6.45, 7) is 2.61. The number of amides is 1. The van der Waals surface area contributed by atoms with Gasteiger partial charge in [0, 0.05) is 18.5 Å². The van der Waals surface area contributed by atoms with E-state index in [4.69, 9.17) is 11.6 Å². The predicted octanol–water partition coefficient (Wildman–Crippen LogP) is 2.33. The molecule has 1 heterocycles. The zero-order valence-corrected chi connectivity index (χ0v) is 11.4. The molecule has 0 aromatic carbocycles. The first kappa shape index (κ1) is 12.8. The van der Waals surface area contributed by atoms with Crippen LogP contribution >= 0.6 is 23.1 Å². The maximum absolute atomic E-state index is 12.4. The summed E-state index contributed by atoms with van der Waals surface area (Å²) in [6.07, 6.45) is 4.14. The summed E-state index contributed by atoms with van der Waals surface area (Å²) >= 11 is 6.97. The second-order valence-corrected chi connectivity index (χ2v) is 5.31. The van der Waals surface area contributed by atoms with Crippen LogP contribution in [0.1, 0.15) is 41.6 Å². The topological polar surface area (TPSA) is 46.1 Å². The van der Waals surface area contributed by atoms with Gasteiger partial charge in [0.15, 0.2) is 0 Å². The van der Waals surface area contributed by atoms with Crippen LogP contribution in [0.5, 0.6) is 0 Å². The maximum Gasteiger partial charge on any atom is 0.267 e. The van der Waals surface area contributed by atoms with Gasteiger partial charge >= 0.3 is 0 Å². The lowest BCUT2D eigenvalue weighted by molar-refractivity contribution is 0.0601. The van der Waals surface area contributed by atoms with Gasteiger partial charge in [-0.1, -0.05) is 11.4 Å². The molecule has 17 heavy (non-hydrogen) atoms. The summed E-state index contributed by atoms with van der Waals surface area (Å²) in [5.74, 6) is 0.540. The van der Waals surface area contributed by atoms with Crippen LogP contribution in [0.2, 0.25) is 0 Å². The number of nitrogens with zero attached hydrogens (tertiary/aromatic N) is 3. The first-order valence-corrected chi connectivity index (χ1v) is 7.26. The summed E-state index contributed by atoms with van der Waals surface area (Å²) in [4.78, 5) is 15.0. The highest BCUT2D eigenvalue weighted by molar-refractivity contribution is 7.08. The Bertz CT molecular complexity index is 392. The summed E-state index contributed by atoms with van der Waals surface area (Å²) in [5, 5.41) is 3.99. The van der Waals surface area contributed by atoms with Crippen molar-refractivity contribution in [2.24, 2.45) is 0 Å². The molecule has 1 amide bonds. The molecule has 1 aromatic rings. The number of carbonyl (C=O) groups is 1. The molecular weight excluding hydrogens is 258 g/mol. The molecule has 0 saturated heterocycles. The van der Waals surface area contributed by atoms with Gasteiger partial charge in [-0.25, -0.2) is 0 Å². The quantitative estimate of drug-likeness (QED) is 0.774. The number of hydrogen-bond donors (Lipinski definition) is 0. The van der Waals surface area contributed by atoms with Crippen molar-refractivity contribution in [3.63, 3.8) is 0 Å². The molecule has 0 aliphatic heterocycles. The smallest absolute Gasteiger partial charge is 0.267 e. The molecule has 1 aromatic heterocycles. The van der Waals surface area contributed by atoms with E-state index in [1.165, 1.54) is 18.0 Å². The van der Waals surface area contributed by atoms with Crippen LogP contribution in [-0.2, 0) is 6.42 Å². The van der Waals surface area contributed by atoms with Crippen LogP contribution < -0.4 is 0 Å². The molecule has 1 aliphatic carbocycles. The monoisotopic (exact) mass is 273 g/mol. The minimum absolute atomic E-state index is 0.0576. The summed E-state index contributed by atoms with van der Waals surface area (Å²) in [6, 6.07) is 0.369. The van der Waals surface area contributed by atoms with Crippen LogP contribution in [0.3, 0.4) is 0 Å². The lowest BCUT2D eigenvalue weighted by Crippen LogP contribution is -2.45. The Hall–Kier alpha value is -0.680. The first-order chi connectivity index (χ1) is 8.27. The molecule has 0 radical (unpaired) electrons. The zero-order valence-electron chi connectivity index (χ0n) is 9.86. The fraction of sp³-hybridized carbons (Fsp3) is 0.727. The molecule has 2 rings (SSSR count). The van der Waals surface area contributed by atoms with E-state index in [0.29, 0.717) is 23.3 Å². The minimum atomic E-state index is 0.0576. The zero-order chi connectivity index (χ0) is 12.3. The van der Waals surface area contributed by atoms with Crippen molar-refractivity contribution in [3.05, 3.63) is 10.6 Å². The Kier molecular flexibility index (Phi) is 4.34. The molecule has 4 nitrogen and oxygen atoms in total. The van der Waals surface area contributed by atoms with Gasteiger partial charge in [0.1, 0.15) is 4.88 Å². The van der Waals surface area contributed by atoms with Gasteiger partial charge in [-0.05, 0) is 37.2 Å². The number of aryl methyl sites for hydroxylation is 1. The van der Waals surface area contributed by atoms with Gasteiger partial charge in [-0.2, -0.15) is 0 Å². The van der Waals surface area contributed by atoms with Crippen molar-refractivity contribution < 1.29 is 4.79 Å². The largest absolute Gasteiger partial charge is 0.334 e. The van der Waals surface area contributed by atoms with E-state index in [-0.39, 0.29) is 5.91 Å². The van der Waals surface area contributed by atoms with Gasteiger partial charge < -0.3 is 4.90 Å². The highest BCUT2D eigenvalue weighted by Gasteiger charge is 2.31. The molecule has 0 bridgehead atoms. The standard InChI is InChI=1S/C11H16ClN3OS/c1-2-9-10(17-14-13-9)11(16)15(7-6-12)8-4-3-5-8/h8H,2-7H2,1H3. The highest BCUT2D eigenvalue weighted by Crippen LogP contribution is 2.27. The fourth-order valence-electron chi connectivity index (χ4n) is 1.97. The van der Waals surface area contributed by atoms with Crippen LogP contribution in [0.4, 0.5) is 0 Å². The Morgan fingerprint density at radius 2 is 2.35 bits per heavy atom. The lowest BCUT2D eigenvalue weighted by Gasteiger charge is -2.37. The van der Waals surface area contributed by atoms with Crippen LogP contribution in [0.15, 0.2) is 0 Å². The molecule has 0 N–H and O–H groups in total. The second kappa shape index (κ2) is 5.78. The van der Waals surface area contributed by atoms with E-state index >= 15 is 0 Å². The molecule has 1 aliphatic rings. The number of halogens is 1. The second-order valence-electron chi connectivity index (χ2n) is 4.17. The third-order valence-corrected chi connectivity index (χ3v) is 4.11. The minimum Gasteiger partial charge on any atom is -0.334 e. The van der Waals surface area contributed by atoms with Gasteiger partial charge in [-0.3, -0.25) is 4.79 Å². The molecule has 1 saturated carbocycles. The number of alkyl halides is 1. The maximum atomic E-state index is 12.4. The normalized spacial score (nSPS) is 15.6. The first-order valence-electron chi connectivity index (χ1n) is 5.96. The molecule has 1 fully saturated rings. The number of rotatable bonds is 5. The van der Waals surface area contributed by atoms with Crippen molar-refractivity contribution >= 4 is 29.0 Å². The van der Waals surface area contributed by atoms with E-state index < -0.39 is 0 Å². The summed E-state index contributed by atoms with van der Waals surface area (Å²) in [5.41, 5.74) is 0.805. The highest BCUT2D eigenvalue weighted by atomic mass is 35.5. The fourth-order valence-corrected chi connectivity index (χ4v) is 2.86. The molecule has 0 unspecified atom stereocenters. The van der Waals surface area contributed by atoms with E-state index in [2.05, 4.69) is 9.59 Å². The average molecular weight is 274 g/mol. The van der Waals surface area contributed by atoms with Crippen molar-refractivity contribution in [1.29, 1.82) is 0 Å². The van der Waals surface area contributed by atoms with Crippen molar-refractivity contribution in [2.75, 3.05) is 12.4 Å². The van der Waals surface area contributed by atoms with Crippen molar-refractivity contribution in [1.82, 2.24) is 14.5 Å². The molecular formula is C11H16ClN3OS. The Balaban J connectivity index is 2.15. The van der Waals surface area contributed by atoms with Crippen LogP contribution in [0.25, 0.3) is 0 Å². The van der Waals surface area contributed by atoms with E-state index in [1.54, 1.807) is 0 Å². The third kappa shape index (κ3) is 2.60. The Morgan fingerprint density at radius 1 is 1.59 bits per heavy atom. The average Bonchev–Trinajstić information content (AvgIpc) is 2.73.